The monoisotopic (exact) mass is 425 g/mol. The second kappa shape index (κ2) is 7.78. The van der Waals surface area contributed by atoms with E-state index in [1.165, 1.54) is 29.1 Å². The molecule has 0 saturated carbocycles. The maximum Gasteiger partial charge on any atom is 0.284 e. The second-order valence-electron chi connectivity index (χ2n) is 7.77. The van der Waals surface area contributed by atoms with Gasteiger partial charge < -0.3 is 16.0 Å². The van der Waals surface area contributed by atoms with Gasteiger partial charge in [0.25, 0.3) is 11.8 Å². The molecule has 2 aliphatic heterocycles. The van der Waals surface area contributed by atoms with Crippen LogP contribution in [-0.2, 0) is 13.0 Å². The number of primary amides is 1. The minimum atomic E-state index is -0.664. The van der Waals surface area contributed by atoms with Gasteiger partial charge in [-0.05, 0) is 31.5 Å². The first-order chi connectivity index (χ1) is 14.6. The number of nitrogens with two attached hydrogens (primary N) is 1. The summed E-state index contributed by atoms with van der Waals surface area (Å²) >= 11 is 1.53. The largest absolute Gasteiger partial charge is 0.363 e. The number of carbonyl (C=O) groups excluding carboxylic acids is 2. The van der Waals surface area contributed by atoms with Crippen LogP contribution in [0, 0.1) is 0 Å². The number of H-pyrrole nitrogens is 1. The molecule has 1 atom stereocenters. The first kappa shape index (κ1) is 19.2. The highest BCUT2D eigenvalue weighted by Crippen LogP contribution is 2.29. The second-order valence-corrected chi connectivity index (χ2v) is 8.86. The molecule has 2 aliphatic rings. The van der Waals surface area contributed by atoms with E-state index in [2.05, 4.69) is 30.5 Å². The number of amides is 2. The van der Waals surface area contributed by atoms with E-state index in [4.69, 9.17) is 5.73 Å². The lowest BCUT2D eigenvalue weighted by Crippen LogP contribution is -2.39. The van der Waals surface area contributed by atoms with Crippen molar-refractivity contribution in [3.05, 3.63) is 40.2 Å². The fourth-order valence-electron chi connectivity index (χ4n) is 4.18. The number of para-hydroxylation sites is 1. The van der Waals surface area contributed by atoms with Gasteiger partial charge in [0, 0.05) is 37.0 Å². The molecule has 4 heterocycles. The van der Waals surface area contributed by atoms with E-state index in [0.29, 0.717) is 27.8 Å². The first-order valence-electron chi connectivity index (χ1n) is 10.1. The summed E-state index contributed by atoms with van der Waals surface area (Å²) in [4.78, 5) is 39.6. The SMILES string of the molecule is NC(=O)c1nc2c(C(=O)Nc3nc4c(s3)CN(C[C@@H]3CCCN3)CC4)cccc2[nH]1. The topological polar surface area (TPSA) is 129 Å². The number of hydrogen-bond donors (Lipinski definition) is 4. The molecule has 2 aromatic heterocycles. The molecule has 0 spiro atoms. The molecule has 3 aromatic rings. The Kier molecular flexibility index (Phi) is 4.97. The Balaban J connectivity index is 1.31. The summed E-state index contributed by atoms with van der Waals surface area (Å²) in [6.07, 6.45) is 3.39. The van der Waals surface area contributed by atoms with Gasteiger partial charge in [-0.25, -0.2) is 9.97 Å². The molecule has 30 heavy (non-hydrogen) atoms. The molecule has 1 aromatic carbocycles. The zero-order chi connectivity index (χ0) is 20.7. The Morgan fingerprint density at radius 3 is 3.03 bits per heavy atom. The highest BCUT2D eigenvalue weighted by Gasteiger charge is 2.25. The number of rotatable bonds is 5. The van der Waals surface area contributed by atoms with Gasteiger partial charge in [0.15, 0.2) is 11.0 Å². The number of hydrogen-bond acceptors (Lipinski definition) is 7. The molecule has 1 fully saturated rings. The fourth-order valence-corrected chi connectivity index (χ4v) is 5.22. The average Bonchev–Trinajstić information content (AvgIpc) is 3.46. The predicted octanol–water partition coefficient (Wildman–Crippen LogP) is 1.48. The summed E-state index contributed by atoms with van der Waals surface area (Å²) in [5, 5.41) is 7.05. The van der Waals surface area contributed by atoms with Crippen LogP contribution < -0.4 is 16.4 Å². The number of carbonyl (C=O) groups is 2. The molecular weight excluding hydrogens is 402 g/mol. The Morgan fingerprint density at radius 2 is 2.23 bits per heavy atom. The molecule has 2 amide bonds. The molecule has 0 aliphatic carbocycles. The summed E-state index contributed by atoms with van der Waals surface area (Å²) in [7, 11) is 0. The lowest BCUT2D eigenvalue weighted by Gasteiger charge is -2.28. The van der Waals surface area contributed by atoms with Crippen molar-refractivity contribution >= 4 is 39.3 Å². The number of benzene rings is 1. The van der Waals surface area contributed by atoms with Crippen LogP contribution in [0.2, 0.25) is 0 Å². The third-order valence-electron chi connectivity index (χ3n) is 5.66. The van der Waals surface area contributed by atoms with Crippen molar-refractivity contribution < 1.29 is 9.59 Å². The van der Waals surface area contributed by atoms with Crippen molar-refractivity contribution in [2.45, 2.75) is 31.8 Å². The quantitative estimate of drug-likeness (QED) is 0.490. The van der Waals surface area contributed by atoms with Crippen LogP contribution in [0.5, 0.6) is 0 Å². The standard InChI is InChI=1S/C20H23N7O2S/c21-17(28)18-23-14-5-1-4-12(16(14)25-18)19(29)26-20-24-13-6-8-27(10-15(13)30-20)9-11-3-2-7-22-11/h1,4-5,11,22H,2-3,6-10H2,(H2,21,28)(H,23,25)(H,24,26,29)/t11-/m0/s1. The summed E-state index contributed by atoms with van der Waals surface area (Å²) in [5.74, 6) is -0.935. The fraction of sp³-hybridized carbons (Fsp3) is 0.400. The Morgan fingerprint density at radius 1 is 1.33 bits per heavy atom. The molecule has 5 rings (SSSR count). The number of anilines is 1. The molecule has 0 unspecified atom stereocenters. The molecule has 1 saturated heterocycles. The van der Waals surface area contributed by atoms with Gasteiger partial charge in [-0.3, -0.25) is 19.8 Å². The van der Waals surface area contributed by atoms with Crippen LogP contribution in [0.25, 0.3) is 11.0 Å². The van der Waals surface area contributed by atoms with E-state index in [1.54, 1.807) is 18.2 Å². The van der Waals surface area contributed by atoms with Gasteiger partial charge >= 0.3 is 0 Å². The lowest BCUT2D eigenvalue weighted by atomic mass is 10.1. The van der Waals surface area contributed by atoms with E-state index in [-0.39, 0.29) is 11.7 Å². The number of aromatic nitrogens is 3. The van der Waals surface area contributed by atoms with Crippen LogP contribution >= 0.6 is 11.3 Å². The van der Waals surface area contributed by atoms with Crippen molar-refractivity contribution in [2.75, 3.05) is 25.0 Å². The van der Waals surface area contributed by atoms with Crippen molar-refractivity contribution in [1.82, 2.24) is 25.2 Å². The van der Waals surface area contributed by atoms with Gasteiger partial charge in [-0.15, -0.1) is 11.3 Å². The van der Waals surface area contributed by atoms with E-state index in [1.807, 2.05) is 0 Å². The van der Waals surface area contributed by atoms with Crippen molar-refractivity contribution in [3.8, 4) is 0 Å². The Hall–Kier alpha value is -2.82. The van der Waals surface area contributed by atoms with Crippen molar-refractivity contribution in [2.24, 2.45) is 5.73 Å². The number of aromatic amines is 1. The van der Waals surface area contributed by atoms with E-state index in [0.717, 1.165) is 38.3 Å². The molecular formula is C20H23N7O2S. The molecule has 10 heteroatoms. The molecule has 0 radical (unpaired) electrons. The van der Waals surface area contributed by atoms with Gasteiger partial charge in [-0.1, -0.05) is 6.07 Å². The molecule has 0 bridgehead atoms. The van der Waals surface area contributed by atoms with Crippen LogP contribution in [-0.4, -0.2) is 57.3 Å². The molecule has 156 valence electrons. The first-order valence-corrected chi connectivity index (χ1v) is 10.9. The summed E-state index contributed by atoms with van der Waals surface area (Å²) in [6.45, 7) is 4.04. The molecule has 9 nitrogen and oxygen atoms in total. The van der Waals surface area contributed by atoms with Crippen molar-refractivity contribution in [1.29, 1.82) is 0 Å². The van der Waals surface area contributed by atoms with Gasteiger partial charge in [0.05, 0.1) is 16.8 Å². The average molecular weight is 426 g/mol. The van der Waals surface area contributed by atoms with Crippen LogP contribution in [0.1, 0.15) is 44.4 Å². The molecule has 5 N–H and O–H groups in total. The Bertz CT molecular complexity index is 1120. The summed E-state index contributed by atoms with van der Waals surface area (Å²) in [6, 6.07) is 5.75. The highest BCUT2D eigenvalue weighted by atomic mass is 32.1. The maximum absolute atomic E-state index is 12.9. The van der Waals surface area contributed by atoms with Gasteiger partial charge in [0.2, 0.25) is 0 Å². The minimum Gasteiger partial charge on any atom is -0.363 e. The van der Waals surface area contributed by atoms with Crippen LogP contribution in [0.15, 0.2) is 18.2 Å². The zero-order valence-electron chi connectivity index (χ0n) is 16.4. The predicted molar refractivity (Wildman–Crippen MR) is 115 cm³/mol. The minimum absolute atomic E-state index is 0.0341. The third kappa shape index (κ3) is 3.69. The number of nitrogens with zero attached hydrogens (tertiary/aromatic N) is 3. The van der Waals surface area contributed by atoms with Gasteiger partial charge in [0.1, 0.15) is 5.52 Å². The number of fused-ring (bicyclic) bond motifs is 2. The van der Waals surface area contributed by atoms with Gasteiger partial charge in [-0.2, -0.15) is 0 Å². The summed E-state index contributed by atoms with van der Waals surface area (Å²) in [5.41, 5.74) is 7.75. The highest BCUT2D eigenvalue weighted by molar-refractivity contribution is 7.15. The Labute approximate surface area is 177 Å². The third-order valence-corrected chi connectivity index (χ3v) is 6.66. The maximum atomic E-state index is 12.9. The number of thiazole rings is 1. The normalized spacial score (nSPS) is 19.1. The van der Waals surface area contributed by atoms with Crippen LogP contribution in [0.4, 0.5) is 5.13 Å². The van der Waals surface area contributed by atoms with E-state index in [9.17, 15) is 9.59 Å². The van der Waals surface area contributed by atoms with E-state index >= 15 is 0 Å². The summed E-state index contributed by atoms with van der Waals surface area (Å²) < 4.78 is 0. The zero-order valence-corrected chi connectivity index (χ0v) is 17.2. The lowest BCUT2D eigenvalue weighted by molar-refractivity contribution is 0.0989. The smallest absolute Gasteiger partial charge is 0.284 e. The number of imidazole rings is 1. The van der Waals surface area contributed by atoms with E-state index < -0.39 is 5.91 Å². The van der Waals surface area contributed by atoms with Crippen molar-refractivity contribution in [3.63, 3.8) is 0 Å². The number of nitrogens with one attached hydrogen (secondary N) is 3. The van der Waals surface area contributed by atoms with Crippen LogP contribution in [0.3, 0.4) is 0 Å².